The fourth-order valence-corrected chi connectivity index (χ4v) is 3.24. The standard InChI is InChI=1S/C19H21Cl2NO4/c1-3-5-8-26-17-12-9-14(20)15(21)10-13(12)18(23)22(11-6-7-11)16(17)19(24)25-4-2/h9-11H,3-8H2,1-2H3. The van der Waals surface area contributed by atoms with Crippen molar-refractivity contribution < 1.29 is 14.3 Å². The molecule has 7 heteroatoms. The van der Waals surface area contributed by atoms with Crippen molar-refractivity contribution in [2.24, 2.45) is 0 Å². The fourth-order valence-electron chi connectivity index (χ4n) is 2.92. The Morgan fingerprint density at radius 2 is 1.85 bits per heavy atom. The molecule has 0 atom stereocenters. The number of esters is 1. The molecule has 0 aliphatic heterocycles. The van der Waals surface area contributed by atoms with Gasteiger partial charge in [-0.05, 0) is 38.3 Å². The molecule has 0 bridgehead atoms. The summed E-state index contributed by atoms with van der Waals surface area (Å²) in [6.45, 7) is 4.43. The van der Waals surface area contributed by atoms with Gasteiger partial charge in [-0.3, -0.25) is 9.36 Å². The second-order valence-corrected chi connectivity index (χ2v) is 7.13. The molecule has 1 aromatic heterocycles. The third-order valence-corrected chi connectivity index (χ3v) is 5.06. The molecule has 1 saturated carbocycles. The van der Waals surface area contributed by atoms with Crippen LogP contribution in [-0.2, 0) is 4.74 Å². The van der Waals surface area contributed by atoms with Gasteiger partial charge in [-0.25, -0.2) is 4.79 Å². The van der Waals surface area contributed by atoms with Gasteiger partial charge in [-0.2, -0.15) is 0 Å². The molecule has 1 aromatic carbocycles. The average molecular weight is 398 g/mol. The van der Waals surface area contributed by atoms with Crippen LogP contribution in [-0.4, -0.2) is 23.8 Å². The smallest absolute Gasteiger partial charge is 0.358 e. The van der Waals surface area contributed by atoms with Crippen LogP contribution in [0.5, 0.6) is 5.75 Å². The Bertz CT molecular complexity index is 903. The molecule has 5 nitrogen and oxygen atoms in total. The van der Waals surface area contributed by atoms with Gasteiger partial charge >= 0.3 is 5.97 Å². The number of halogens is 2. The lowest BCUT2D eigenvalue weighted by Crippen LogP contribution is -2.28. The molecule has 0 spiro atoms. The summed E-state index contributed by atoms with van der Waals surface area (Å²) in [5, 5.41) is 1.48. The number of carbonyl (C=O) groups excluding carboxylic acids is 1. The van der Waals surface area contributed by atoms with Gasteiger partial charge in [-0.15, -0.1) is 0 Å². The average Bonchev–Trinajstić information content (AvgIpc) is 3.43. The minimum Gasteiger partial charge on any atom is -0.490 e. The molecule has 1 aliphatic carbocycles. The van der Waals surface area contributed by atoms with Crippen LogP contribution in [0.1, 0.15) is 56.1 Å². The number of hydrogen-bond acceptors (Lipinski definition) is 4. The summed E-state index contributed by atoms with van der Waals surface area (Å²) in [7, 11) is 0. The van der Waals surface area contributed by atoms with Crippen LogP contribution in [0.3, 0.4) is 0 Å². The Labute approximate surface area is 161 Å². The number of carbonyl (C=O) groups is 1. The lowest BCUT2D eigenvalue weighted by molar-refractivity contribution is 0.0506. The number of nitrogens with zero attached hydrogens (tertiary/aromatic N) is 1. The van der Waals surface area contributed by atoms with E-state index >= 15 is 0 Å². The van der Waals surface area contributed by atoms with E-state index < -0.39 is 5.97 Å². The molecule has 1 heterocycles. The second-order valence-electron chi connectivity index (χ2n) is 6.32. The van der Waals surface area contributed by atoms with Crippen LogP contribution in [0.25, 0.3) is 10.8 Å². The number of aromatic nitrogens is 1. The normalized spacial score (nSPS) is 13.8. The maximum atomic E-state index is 13.1. The number of benzene rings is 1. The van der Waals surface area contributed by atoms with Gasteiger partial charge < -0.3 is 9.47 Å². The highest BCUT2D eigenvalue weighted by atomic mass is 35.5. The molecule has 0 amide bonds. The maximum absolute atomic E-state index is 13.1. The van der Waals surface area contributed by atoms with Crippen LogP contribution in [0, 0.1) is 0 Å². The van der Waals surface area contributed by atoms with Crippen molar-refractivity contribution in [1.29, 1.82) is 0 Å². The Kier molecular flexibility index (Phi) is 5.78. The van der Waals surface area contributed by atoms with Gasteiger partial charge in [0.15, 0.2) is 11.4 Å². The third-order valence-electron chi connectivity index (χ3n) is 4.34. The van der Waals surface area contributed by atoms with E-state index in [1.807, 2.05) is 0 Å². The summed E-state index contributed by atoms with van der Waals surface area (Å²) in [6.07, 6.45) is 3.45. The summed E-state index contributed by atoms with van der Waals surface area (Å²) in [6, 6.07) is 3.11. The van der Waals surface area contributed by atoms with Crippen molar-refractivity contribution in [2.75, 3.05) is 13.2 Å². The van der Waals surface area contributed by atoms with Crippen molar-refractivity contribution in [3.8, 4) is 5.75 Å². The predicted molar refractivity (Wildman–Crippen MR) is 103 cm³/mol. The molecule has 3 rings (SSSR count). The minimum absolute atomic E-state index is 0.0192. The van der Waals surface area contributed by atoms with Gasteiger partial charge in [0.25, 0.3) is 5.56 Å². The molecule has 1 fully saturated rings. The van der Waals surface area contributed by atoms with E-state index in [1.165, 1.54) is 4.57 Å². The first-order valence-corrected chi connectivity index (χ1v) is 9.62. The quantitative estimate of drug-likeness (QED) is 0.487. The number of unbranched alkanes of at least 4 members (excludes halogenated alkanes) is 1. The van der Waals surface area contributed by atoms with Crippen molar-refractivity contribution in [3.05, 3.63) is 38.2 Å². The fraction of sp³-hybridized carbons (Fsp3) is 0.474. The molecule has 0 unspecified atom stereocenters. The van der Waals surface area contributed by atoms with Crippen molar-refractivity contribution >= 4 is 39.9 Å². The molecular weight excluding hydrogens is 377 g/mol. The van der Waals surface area contributed by atoms with Gasteiger partial charge in [-0.1, -0.05) is 36.5 Å². The molecule has 26 heavy (non-hydrogen) atoms. The number of hydrogen-bond donors (Lipinski definition) is 0. The van der Waals surface area contributed by atoms with E-state index in [-0.39, 0.29) is 23.9 Å². The SMILES string of the molecule is CCCCOc1c(C(=O)OCC)n(C2CC2)c(=O)c2cc(Cl)c(Cl)cc12. The molecule has 1 aliphatic rings. The predicted octanol–water partition coefficient (Wildman–Crippen LogP) is 5.00. The van der Waals surface area contributed by atoms with Crippen molar-refractivity contribution in [2.45, 2.75) is 45.6 Å². The van der Waals surface area contributed by atoms with Crippen molar-refractivity contribution in [1.82, 2.24) is 4.57 Å². The van der Waals surface area contributed by atoms with Gasteiger partial charge in [0.2, 0.25) is 0 Å². The number of pyridine rings is 1. The lowest BCUT2D eigenvalue weighted by atomic mass is 10.1. The van der Waals surface area contributed by atoms with E-state index in [2.05, 4.69) is 6.92 Å². The zero-order chi connectivity index (χ0) is 18.8. The van der Waals surface area contributed by atoms with Gasteiger partial charge in [0.1, 0.15) is 0 Å². The second kappa shape index (κ2) is 7.89. The summed E-state index contributed by atoms with van der Waals surface area (Å²) in [5.74, 6) is -0.215. The summed E-state index contributed by atoms with van der Waals surface area (Å²) < 4.78 is 12.7. The Morgan fingerprint density at radius 3 is 2.42 bits per heavy atom. The monoisotopic (exact) mass is 397 g/mol. The molecule has 0 radical (unpaired) electrons. The third kappa shape index (κ3) is 3.55. The van der Waals surface area contributed by atoms with E-state index in [1.54, 1.807) is 19.1 Å². The minimum atomic E-state index is -0.559. The maximum Gasteiger partial charge on any atom is 0.358 e. The highest BCUT2D eigenvalue weighted by Crippen LogP contribution is 2.40. The highest BCUT2D eigenvalue weighted by Gasteiger charge is 2.34. The number of rotatable bonds is 7. The summed E-state index contributed by atoms with van der Waals surface area (Å²) in [5.41, 5.74) is -0.103. The zero-order valence-corrected chi connectivity index (χ0v) is 16.3. The molecular formula is C19H21Cl2NO4. The summed E-state index contributed by atoms with van der Waals surface area (Å²) in [4.78, 5) is 25.8. The van der Waals surface area contributed by atoms with Crippen LogP contribution >= 0.6 is 23.2 Å². The highest BCUT2D eigenvalue weighted by molar-refractivity contribution is 6.42. The largest absolute Gasteiger partial charge is 0.490 e. The van der Waals surface area contributed by atoms with E-state index in [9.17, 15) is 9.59 Å². The first-order valence-electron chi connectivity index (χ1n) is 8.86. The Morgan fingerprint density at radius 1 is 1.19 bits per heavy atom. The topological polar surface area (TPSA) is 57.5 Å². The van der Waals surface area contributed by atoms with E-state index in [0.717, 1.165) is 25.7 Å². The van der Waals surface area contributed by atoms with Gasteiger partial charge in [0, 0.05) is 11.4 Å². The number of ether oxygens (including phenoxy) is 2. The van der Waals surface area contributed by atoms with E-state index in [0.29, 0.717) is 33.2 Å². The Balaban J connectivity index is 2.32. The molecule has 140 valence electrons. The first-order chi connectivity index (χ1) is 12.5. The van der Waals surface area contributed by atoms with Crippen LogP contribution in [0.2, 0.25) is 10.0 Å². The van der Waals surface area contributed by atoms with Crippen molar-refractivity contribution in [3.63, 3.8) is 0 Å². The molecule has 0 saturated heterocycles. The first kappa shape index (κ1) is 19.1. The lowest BCUT2D eigenvalue weighted by Gasteiger charge is -2.19. The van der Waals surface area contributed by atoms with Crippen LogP contribution < -0.4 is 10.3 Å². The van der Waals surface area contributed by atoms with Crippen LogP contribution in [0.15, 0.2) is 16.9 Å². The van der Waals surface area contributed by atoms with Crippen LogP contribution in [0.4, 0.5) is 0 Å². The zero-order valence-electron chi connectivity index (χ0n) is 14.8. The number of fused-ring (bicyclic) bond motifs is 1. The summed E-state index contributed by atoms with van der Waals surface area (Å²) >= 11 is 12.3. The molecule has 2 aromatic rings. The van der Waals surface area contributed by atoms with E-state index in [4.69, 9.17) is 32.7 Å². The molecule has 0 N–H and O–H groups in total. The Hall–Kier alpha value is -1.72. The van der Waals surface area contributed by atoms with Gasteiger partial charge in [0.05, 0.1) is 28.6 Å².